The molecule has 0 radical (unpaired) electrons. The van der Waals surface area contributed by atoms with Crippen LogP contribution in [0.2, 0.25) is 0 Å². The van der Waals surface area contributed by atoms with Crippen LogP contribution < -0.4 is 9.47 Å². The maximum Gasteiger partial charge on any atom is 0.130 e. The van der Waals surface area contributed by atoms with Crippen LogP contribution in [0.1, 0.15) is 39.7 Å². The Kier molecular flexibility index (Phi) is 4.35. The number of hydrogen-bond acceptors (Lipinski definition) is 3. The van der Waals surface area contributed by atoms with E-state index in [4.69, 9.17) is 14.2 Å². The van der Waals surface area contributed by atoms with Crippen molar-refractivity contribution in [3.05, 3.63) is 23.8 Å². The quantitative estimate of drug-likeness (QED) is 0.763. The highest BCUT2D eigenvalue weighted by molar-refractivity contribution is 9.08. The van der Waals surface area contributed by atoms with E-state index in [1.54, 1.807) is 7.11 Å². The van der Waals surface area contributed by atoms with E-state index in [0.29, 0.717) is 0 Å². The smallest absolute Gasteiger partial charge is 0.130 e. The van der Waals surface area contributed by atoms with Crippen LogP contribution >= 0.6 is 15.9 Å². The number of halogens is 1. The lowest BCUT2D eigenvalue weighted by Crippen LogP contribution is -2.36. The molecule has 0 aromatic heterocycles. The Morgan fingerprint density at radius 1 is 1.30 bits per heavy atom. The Hall–Kier alpha value is -0.740. The maximum atomic E-state index is 6.26. The molecule has 0 spiro atoms. The number of rotatable bonds is 4. The van der Waals surface area contributed by atoms with Crippen LogP contribution in [0.5, 0.6) is 11.5 Å². The number of benzene rings is 1. The van der Waals surface area contributed by atoms with Crippen LogP contribution in [-0.4, -0.2) is 24.4 Å². The molecule has 0 amide bonds. The van der Waals surface area contributed by atoms with E-state index in [9.17, 15) is 0 Å². The molecule has 1 aromatic rings. The molecule has 2 rings (SSSR count). The zero-order valence-corrected chi connectivity index (χ0v) is 14.4. The van der Waals surface area contributed by atoms with Gasteiger partial charge in [0.2, 0.25) is 0 Å². The number of alkyl halides is 1. The minimum absolute atomic E-state index is 0.0300. The van der Waals surface area contributed by atoms with Gasteiger partial charge in [0, 0.05) is 23.4 Å². The van der Waals surface area contributed by atoms with E-state index in [-0.39, 0.29) is 17.3 Å². The van der Waals surface area contributed by atoms with E-state index in [1.807, 2.05) is 18.2 Å². The van der Waals surface area contributed by atoms with Crippen LogP contribution in [0, 0.1) is 0 Å². The molecule has 1 saturated heterocycles. The Balaban J connectivity index is 2.25. The fraction of sp³-hybridized carbons (Fsp3) is 0.625. The Morgan fingerprint density at radius 2 is 2.00 bits per heavy atom. The third-order valence-electron chi connectivity index (χ3n) is 3.68. The van der Waals surface area contributed by atoms with Gasteiger partial charge in [-0.15, -0.1) is 0 Å². The van der Waals surface area contributed by atoms with Crippen molar-refractivity contribution in [1.82, 2.24) is 0 Å². The largest absolute Gasteiger partial charge is 0.497 e. The highest BCUT2D eigenvalue weighted by Crippen LogP contribution is 2.40. The molecule has 1 unspecified atom stereocenters. The molecule has 0 bridgehead atoms. The Labute approximate surface area is 129 Å². The van der Waals surface area contributed by atoms with Crippen molar-refractivity contribution in [1.29, 1.82) is 0 Å². The standard InChI is InChI=1S/C16H23BrO3/c1-15(2)9-14(16(3,4)20-15)19-13-8-12(18-5)7-6-11(13)10-17/h6-8,14H,9-10H2,1-5H3. The number of ether oxygens (including phenoxy) is 3. The van der Waals surface area contributed by atoms with E-state index in [1.165, 1.54) is 0 Å². The topological polar surface area (TPSA) is 27.7 Å². The number of hydrogen-bond donors (Lipinski definition) is 0. The van der Waals surface area contributed by atoms with Crippen molar-refractivity contribution in [2.45, 2.75) is 56.8 Å². The molecule has 1 atom stereocenters. The molecular formula is C16H23BrO3. The van der Waals surface area contributed by atoms with Gasteiger partial charge >= 0.3 is 0 Å². The van der Waals surface area contributed by atoms with Gasteiger partial charge in [0.05, 0.1) is 12.7 Å². The Morgan fingerprint density at radius 3 is 2.50 bits per heavy atom. The molecule has 0 aliphatic carbocycles. The lowest BCUT2D eigenvalue weighted by atomic mass is 9.97. The van der Waals surface area contributed by atoms with Crippen molar-refractivity contribution in [2.75, 3.05) is 7.11 Å². The van der Waals surface area contributed by atoms with Gasteiger partial charge < -0.3 is 14.2 Å². The van der Waals surface area contributed by atoms with Gasteiger partial charge in [-0.05, 0) is 33.8 Å². The van der Waals surface area contributed by atoms with Gasteiger partial charge in [0.1, 0.15) is 23.2 Å². The van der Waals surface area contributed by atoms with Gasteiger partial charge in [-0.25, -0.2) is 0 Å². The first-order valence-electron chi connectivity index (χ1n) is 6.87. The number of methoxy groups -OCH3 is 1. The Bertz CT molecular complexity index is 483. The lowest BCUT2D eigenvalue weighted by molar-refractivity contribution is -0.0846. The van der Waals surface area contributed by atoms with Crippen molar-refractivity contribution < 1.29 is 14.2 Å². The average Bonchev–Trinajstić information content (AvgIpc) is 2.57. The highest BCUT2D eigenvalue weighted by atomic mass is 79.9. The van der Waals surface area contributed by atoms with Crippen molar-refractivity contribution in [3.63, 3.8) is 0 Å². The minimum atomic E-state index is -0.295. The average molecular weight is 343 g/mol. The third kappa shape index (κ3) is 3.29. The lowest BCUT2D eigenvalue weighted by Gasteiger charge is -2.28. The summed E-state index contributed by atoms with van der Waals surface area (Å²) in [5.41, 5.74) is 0.670. The fourth-order valence-electron chi connectivity index (χ4n) is 2.73. The van der Waals surface area contributed by atoms with Crippen molar-refractivity contribution >= 4 is 15.9 Å². The molecule has 1 heterocycles. The van der Waals surface area contributed by atoms with Gasteiger partial charge in [-0.2, -0.15) is 0 Å². The molecule has 112 valence electrons. The van der Waals surface area contributed by atoms with Gasteiger partial charge in [0.15, 0.2) is 0 Å². The van der Waals surface area contributed by atoms with E-state index in [0.717, 1.165) is 28.8 Å². The normalized spacial score (nSPS) is 23.6. The molecule has 1 aromatic carbocycles. The molecule has 1 fully saturated rings. The molecule has 1 aliphatic rings. The molecule has 3 nitrogen and oxygen atoms in total. The molecule has 0 N–H and O–H groups in total. The van der Waals surface area contributed by atoms with Crippen LogP contribution in [0.25, 0.3) is 0 Å². The summed E-state index contributed by atoms with van der Waals surface area (Å²) >= 11 is 3.50. The summed E-state index contributed by atoms with van der Waals surface area (Å²) in [4.78, 5) is 0. The van der Waals surface area contributed by atoms with Crippen LogP contribution in [0.15, 0.2) is 18.2 Å². The summed E-state index contributed by atoms with van der Waals surface area (Å²) in [6.45, 7) is 8.38. The molecule has 4 heteroatoms. The minimum Gasteiger partial charge on any atom is -0.497 e. The second-order valence-corrected chi connectivity index (χ2v) is 6.94. The van der Waals surface area contributed by atoms with Crippen molar-refractivity contribution in [2.24, 2.45) is 0 Å². The SMILES string of the molecule is COc1ccc(CBr)c(OC2CC(C)(C)OC2(C)C)c1. The van der Waals surface area contributed by atoms with Crippen LogP contribution in [-0.2, 0) is 10.1 Å². The predicted molar refractivity (Wildman–Crippen MR) is 83.9 cm³/mol. The maximum absolute atomic E-state index is 6.26. The second kappa shape index (κ2) is 5.57. The summed E-state index contributed by atoms with van der Waals surface area (Å²) in [6, 6.07) is 5.92. The van der Waals surface area contributed by atoms with Crippen LogP contribution in [0.4, 0.5) is 0 Å². The van der Waals surface area contributed by atoms with Gasteiger partial charge in [-0.3, -0.25) is 0 Å². The summed E-state index contributed by atoms with van der Waals surface area (Å²) in [5.74, 6) is 1.67. The second-order valence-electron chi connectivity index (χ2n) is 6.38. The molecule has 0 saturated carbocycles. The molecular weight excluding hydrogens is 320 g/mol. The monoisotopic (exact) mass is 342 g/mol. The summed E-state index contributed by atoms with van der Waals surface area (Å²) in [7, 11) is 1.67. The first-order chi connectivity index (χ1) is 9.27. The van der Waals surface area contributed by atoms with Crippen LogP contribution in [0.3, 0.4) is 0 Å². The van der Waals surface area contributed by atoms with E-state index < -0.39 is 0 Å². The summed E-state index contributed by atoms with van der Waals surface area (Å²) < 4.78 is 17.6. The molecule has 1 aliphatic heterocycles. The zero-order chi connectivity index (χ0) is 15.0. The van der Waals surface area contributed by atoms with Gasteiger partial charge in [0.25, 0.3) is 0 Å². The first-order valence-corrected chi connectivity index (χ1v) is 7.99. The summed E-state index contributed by atoms with van der Waals surface area (Å²) in [6.07, 6.45) is 0.904. The predicted octanol–water partition coefficient (Wildman–Crippen LogP) is 4.32. The van der Waals surface area contributed by atoms with Crippen molar-refractivity contribution in [3.8, 4) is 11.5 Å². The zero-order valence-electron chi connectivity index (χ0n) is 12.8. The van der Waals surface area contributed by atoms with E-state index in [2.05, 4.69) is 43.6 Å². The summed E-state index contributed by atoms with van der Waals surface area (Å²) in [5, 5.41) is 0.754. The third-order valence-corrected chi connectivity index (χ3v) is 4.28. The van der Waals surface area contributed by atoms with Gasteiger partial charge in [-0.1, -0.05) is 22.0 Å². The highest BCUT2D eigenvalue weighted by Gasteiger charge is 2.47. The fourth-order valence-corrected chi connectivity index (χ4v) is 3.19. The van der Waals surface area contributed by atoms with E-state index >= 15 is 0 Å². The first kappa shape index (κ1) is 15.6. The molecule has 20 heavy (non-hydrogen) atoms.